The van der Waals surface area contributed by atoms with Gasteiger partial charge in [0.1, 0.15) is 5.69 Å². The monoisotopic (exact) mass is 292 g/mol. The van der Waals surface area contributed by atoms with Gasteiger partial charge in [0, 0.05) is 11.8 Å². The van der Waals surface area contributed by atoms with E-state index in [1.807, 2.05) is 26.0 Å². The van der Waals surface area contributed by atoms with Gasteiger partial charge < -0.3 is 4.98 Å². The molecule has 7 heteroatoms. The van der Waals surface area contributed by atoms with Crippen LogP contribution in [0.2, 0.25) is 5.15 Å². The Kier molecular flexibility index (Phi) is 4.14. The molecule has 0 fully saturated rings. The van der Waals surface area contributed by atoms with Crippen LogP contribution in [0.4, 0.5) is 0 Å². The van der Waals surface area contributed by atoms with Crippen molar-refractivity contribution < 1.29 is 0 Å². The Bertz CT molecular complexity index is 761. The topological polar surface area (TPSA) is 91.5 Å². The lowest BCUT2D eigenvalue weighted by Crippen LogP contribution is -2.22. The summed E-state index contributed by atoms with van der Waals surface area (Å²) in [6.45, 7) is 4.07. The van der Waals surface area contributed by atoms with Gasteiger partial charge in [-0.15, -0.1) is 10.2 Å². The molecule has 2 aromatic heterocycles. The van der Waals surface area contributed by atoms with E-state index in [0.29, 0.717) is 17.2 Å². The van der Waals surface area contributed by atoms with Gasteiger partial charge in [-0.25, -0.2) is 4.79 Å². The molecule has 2 N–H and O–H groups in total. The maximum absolute atomic E-state index is 11.7. The highest BCUT2D eigenvalue weighted by atomic mass is 35.5. The largest absolute Gasteiger partial charge is 0.325 e. The second-order valence-electron chi connectivity index (χ2n) is 4.56. The molecule has 104 valence electrons. The lowest BCUT2D eigenvalue weighted by Gasteiger charge is -2.02. The van der Waals surface area contributed by atoms with E-state index in [9.17, 15) is 9.59 Å². The van der Waals surface area contributed by atoms with E-state index >= 15 is 0 Å². The van der Waals surface area contributed by atoms with Crippen LogP contribution in [0, 0.1) is 5.92 Å². The smallest absolute Gasteiger partial charge is 0.313 e. The van der Waals surface area contributed by atoms with Crippen LogP contribution < -0.4 is 11.2 Å². The number of aromatic nitrogens is 4. The summed E-state index contributed by atoms with van der Waals surface area (Å²) < 4.78 is 0. The minimum Gasteiger partial charge on any atom is -0.313 e. The Morgan fingerprint density at radius 2 is 2.05 bits per heavy atom. The van der Waals surface area contributed by atoms with Crippen molar-refractivity contribution in [2.24, 2.45) is 5.92 Å². The molecule has 0 atom stereocenters. The van der Waals surface area contributed by atoms with Gasteiger partial charge in [0.05, 0.1) is 5.56 Å². The van der Waals surface area contributed by atoms with E-state index in [2.05, 4.69) is 20.2 Å². The highest BCUT2D eigenvalue weighted by molar-refractivity contribution is 6.30. The van der Waals surface area contributed by atoms with E-state index in [1.165, 1.54) is 6.20 Å². The Hall–Kier alpha value is -2.21. The van der Waals surface area contributed by atoms with Crippen molar-refractivity contribution in [1.82, 2.24) is 20.2 Å². The van der Waals surface area contributed by atoms with E-state index in [-0.39, 0.29) is 10.7 Å². The summed E-state index contributed by atoms with van der Waals surface area (Å²) >= 11 is 5.96. The zero-order chi connectivity index (χ0) is 14.7. The number of rotatable bonds is 3. The van der Waals surface area contributed by atoms with Crippen molar-refractivity contribution in [2.45, 2.75) is 13.8 Å². The van der Waals surface area contributed by atoms with Crippen molar-refractivity contribution in [1.29, 1.82) is 0 Å². The number of hydrogen-bond acceptors (Lipinski definition) is 4. The fourth-order valence-corrected chi connectivity index (χ4v) is 1.69. The third-order valence-corrected chi connectivity index (χ3v) is 2.83. The molecule has 0 spiro atoms. The molecule has 0 aliphatic rings. The molecule has 20 heavy (non-hydrogen) atoms. The molecular formula is C13H13ClN4O2. The fraction of sp³-hybridized carbons (Fsp3) is 0.231. The SMILES string of the molecule is CC(C)C=Cc1cc(-c2c[nH]c(=O)[nH]c2=O)nnc1Cl. The molecular weight excluding hydrogens is 280 g/mol. The van der Waals surface area contributed by atoms with Crippen LogP contribution in [0.15, 0.2) is 27.9 Å². The Balaban J connectivity index is 2.51. The van der Waals surface area contributed by atoms with E-state index < -0.39 is 11.2 Å². The summed E-state index contributed by atoms with van der Waals surface area (Å²) in [6, 6.07) is 1.65. The molecule has 2 aromatic rings. The van der Waals surface area contributed by atoms with Crippen molar-refractivity contribution in [3.05, 3.63) is 49.9 Å². The standard InChI is InChI=1S/C13H13ClN4O2/c1-7(2)3-4-8-5-10(17-18-11(8)14)9-6-15-13(20)16-12(9)19/h3-7H,1-2H3,(H2,15,16,19,20). The summed E-state index contributed by atoms with van der Waals surface area (Å²) in [7, 11) is 0. The minimum atomic E-state index is -0.569. The Morgan fingerprint density at radius 1 is 1.30 bits per heavy atom. The molecule has 0 amide bonds. The zero-order valence-corrected chi connectivity index (χ0v) is 11.7. The maximum atomic E-state index is 11.7. The van der Waals surface area contributed by atoms with Crippen LogP contribution in [0.3, 0.4) is 0 Å². The van der Waals surface area contributed by atoms with Crippen molar-refractivity contribution in [3.8, 4) is 11.3 Å². The highest BCUT2D eigenvalue weighted by Gasteiger charge is 2.09. The number of aromatic amines is 2. The maximum Gasteiger partial charge on any atom is 0.325 e. The van der Waals surface area contributed by atoms with Gasteiger partial charge >= 0.3 is 5.69 Å². The Morgan fingerprint density at radius 3 is 2.70 bits per heavy atom. The first kappa shape index (κ1) is 14.2. The van der Waals surface area contributed by atoms with Gasteiger partial charge in [-0.2, -0.15) is 0 Å². The molecule has 0 saturated carbocycles. The molecule has 0 unspecified atom stereocenters. The number of nitrogens with one attached hydrogen (secondary N) is 2. The van der Waals surface area contributed by atoms with Gasteiger partial charge in [-0.1, -0.05) is 37.6 Å². The predicted octanol–water partition coefficient (Wildman–Crippen LogP) is 1.84. The minimum absolute atomic E-state index is 0.230. The van der Waals surface area contributed by atoms with Gasteiger partial charge in [-0.3, -0.25) is 9.78 Å². The molecule has 0 radical (unpaired) electrons. The third kappa shape index (κ3) is 3.21. The number of hydrogen-bond donors (Lipinski definition) is 2. The number of halogens is 1. The predicted molar refractivity (Wildman–Crippen MR) is 77.6 cm³/mol. The highest BCUT2D eigenvalue weighted by Crippen LogP contribution is 2.19. The van der Waals surface area contributed by atoms with Crippen LogP contribution in [-0.2, 0) is 0 Å². The van der Waals surface area contributed by atoms with Gasteiger partial charge in [-0.05, 0) is 12.0 Å². The van der Waals surface area contributed by atoms with Crippen LogP contribution in [0.1, 0.15) is 19.4 Å². The quantitative estimate of drug-likeness (QED) is 0.903. The average molecular weight is 293 g/mol. The van der Waals surface area contributed by atoms with Crippen molar-refractivity contribution in [2.75, 3.05) is 0 Å². The number of nitrogens with zero attached hydrogens (tertiary/aromatic N) is 2. The van der Waals surface area contributed by atoms with E-state index in [1.54, 1.807) is 6.07 Å². The number of H-pyrrole nitrogens is 2. The second-order valence-corrected chi connectivity index (χ2v) is 4.92. The van der Waals surface area contributed by atoms with Crippen molar-refractivity contribution >= 4 is 17.7 Å². The van der Waals surface area contributed by atoms with Crippen molar-refractivity contribution in [3.63, 3.8) is 0 Å². The van der Waals surface area contributed by atoms with Crippen LogP contribution in [0.25, 0.3) is 17.3 Å². The molecule has 2 heterocycles. The fourth-order valence-electron chi connectivity index (χ4n) is 1.54. The summed E-state index contributed by atoms with van der Waals surface area (Å²) in [4.78, 5) is 27.2. The van der Waals surface area contributed by atoms with Crippen LogP contribution in [0.5, 0.6) is 0 Å². The molecule has 6 nitrogen and oxygen atoms in total. The first-order chi connectivity index (χ1) is 9.47. The van der Waals surface area contributed by atoms with Gasteiger partial charge in [0.15, 0.2) is 5.15 Å². The zero-order valence-electron chi connectivity index (χ0n) is 11.0. The summed E-state index contributed by atoms with van der Waals surface area (Å²) in [5.74, 6) is 0.360. The number of allylic oxidation sites excluding steroid dienone is 1. The molecule has 0 saturated heterocycles. The molecule has 0 aliphatic carbocycles. The second kappa shape index (κ2) is 5.83. The third-order valence-electron chi connectivity index (χ3n) is 2.53. The lowest BCUT2D eigenvalue weighted by molar-refractivity contribution is 0.836. The van der Waals surface area contributed by atoms with Gasteiger partial charge in [0.2, 0.25) is 0 Å². The van der Waals surface area contributed by atoms with E-state index in [4.69, 9.17) is 11.6 Å². The lowest BCUT2D eigenvalue weighted by atomic mass is 10.1. The molecule has 0 bridgehead atoms. The Labute approximate surface area is 119 Å². The molecule has 0 aliphatic heterocycles. The van der Waals surface area contributed by atoms with E-state index in [0.717, 1.165) is 0 Å². The molecule has 0 aromatic carbocycles. The van der Waals surface area contributed by atoms with Gasteiger partial charge in [0.25, 0.3) is 5.56 Å². The van der Waals surface area contributed by atoms with Crippen LogP contribution in [-0.4, -0.2) is 20.2 Å². The first-order valence-corrected chi connectivity index (χ1v) is 6.39. The average Bonchev–Trinajstić information content (AvgIpc) is 2.38. The molecule has 2 rings (SSSR count). The summed E-state index contributed by atoms with van der Waals surface area (Å²) in [6.07, 6.45) is 5.09. The summed E-state index contributed by atoms with van der Waals surface area (Å²) in [5.41, 5.74) is 0.143. The normalized spacial score (nSPS) is 11.4. The summed E-state index contributed by atoms with van der Waals surface area (Å²) in [5, 5.41) is 7.94. The van der Waals surface area contributed by atoms with Crippen LogP contribution >= 0.6 is 11.6 Å². The first-order valence-electron chi connectivity index (χ1n) is 6.01.